The number of nitrogens with one attached hydrogen (secondary N) is 1. The summed E-state index contributed by atoms with van der Waals surface area (Å²) < 4.78 is 0. The van der Waals surface area contributed by atoms with Gasteiger partial charge in [0.1, 0.15) is 0 Å². The third-order valence-electron chi connectivity index (χ3n) is 4.99. The fraction of sp³-hybridized carbons (Fsp3) is 1.00. The molecule has 2 aliphatic rings. The van der Waals surface area contributed by atoms with E-state index in [4.69, 9.17) is 0 Å². The Morgan fingerprint density at radius 3 is 2.35 bits per heavy atom. The van der Waals surface area contributed by atoms with Crippen LogP contribution in [0.3, 0.4) is 0 Å². The number of hydrogen-bond donors (Lipinski definition) is 1. The molecular formula is C16H31N. The summed E-state index contributed by atoms with van der Waals surface area (Å²) in [7, 11) is 0. The lowest BCUT2D eigenvalue weighted by Crippen LogP contribution is -2.46. The van der Waals surface area contributed by atoms with Gasteiger partial charge in [-0.1, -0.05) is 33.6 Å². The van der Waals surface area contributed by atoms with Crippen molar-refractivity contribution in [1.29, 1.82) is 0 Å². The summed E-state index contributed by atoms with van der Waals surface area (Å²) in [6.45, 7) is 9.73. The SMILES string of the molecule is CC1CC(NC(C)C2CCCC2)CC(C)(C)C1. The van der Waals surface area contributed by atoms with Crippen LogP contribution in [0, 0.1) is 17.3 Å². The Bertz CT molecular complexity index is 240. The average molecular weight is 237 g/mol. The van der Waals surface area contributed by atoms with Crippen LogP contribution < -0.4 is 5.32 Å². The fourth-order valence-electron chi connectivity index (χ4n) is 4.44. The van der Waals surface area contributed by atoms with Crippen LogP contribution >= 0.6 is 0 Å². The molecular weight excluding hydrogens is 206 g/mol. The van der Waals surface area contributed by atoms with Crippen LogP contribution in [0.25, 0.3) is 0 Å². The van der Waals surface area contributed by atoms with Gasteiger partial charge < -0.3 is 5.32 Å². The lowest BCUT2D eigenvalue weighted by molar-refractivity contribution is 0.139. The van der Waals surface area contributed by atoms with Crippen LogP contribution in [0.1, 0.15) is 72.6 Å². The molecule has 0 aliphatic heterocycles. The van der Waals surface area contributed by atoms with Crippen LogP contribution in [0.2, 0.25) is 0 Å². The van der Waals surface area contributed by atoms with Crippen molar-refractivity contribution in [2.24, 2.45) is 17.3 Å². The first kappa shape index (κ1) is 13.4. The van der Waals surface area contributed by atoms with Crippen molar-refractivity contribution < 1.29 is 0 Å². The zero-order valence-corrected chi connectivity index (χ0v) is 12.3. The molecule has 2 fully saturated rings. The monoisotopic (exact) mass is 237 g/mol. The summed E-state index contributed by atoms with van der Waals surface area (Å²) in [5, 5.41) is 3.95. The first-order chi connectivity index (χ1) is 7.96. The molecule has 0 aromatic heterocycles. The minimum absolute atomic E-state index is 0.546. The van der Waals surface area contributed by atoms with Gasteiger partial charge in [0.25, 0.3) is 0 Å². The summed E-state index contributed by atoms with van der Waals surface area (Å²) in [4.78, 5) is 0. The summed E-state index contributed by atoms with van der Waals surface area (Å²) in [6.07, 6.45) is 10.0. The van der Waals surface area contributed by atoms with Crippen LogP contribution in [0.5, 0.6) is 0 Å². The second kappa shape index (κ2) is 5.30. The lowest BCUT2D eigenvalue weighted by Gasteiger charge is -2.41. The third-order valence-corrected chi connectivity index (χ3v) is 4.99. The van der Waals surface area contributed by atoms with Gasteiger partial charge in [-0.05, 0) is 56.3 Å². The Morgan fingerprint density at radius 1 is 1.12 bits per heavy atom. The standard InChI is InChI=1S/C16H31N/c1-12-9-15(11-16(3,4)10-12)17-13(2)14-7-5-6-8-14/h12-15,17H,5-11H2,1-4H3. The van der Waals surface area contributed by atoms with Crippen LogP contribution in [-0.4, -0.2) is 12.1 Å². The average Bonchev–Trinajstić information content (AvgIpc) is 2.65. The summed E-state index contributed by atoms with van der Waals surface area (Å²) in [5.74, 6) is 1.85. The summed E-state index contributed by atoms with van der Waals surface area (Å²) in [6, 6.07) is 1.51. The molecule has 0 amide bonds. The van der Waals surface area contributed by atoms with Gasteiger partial charge in [-0.25, -0.2) is 0 Å². The molecule has 0 aromatic carbocycles. The predicted octanol–water partition coefficient (Wildman–Crippen LogP) is 4.37. The highest BCUT2D eigenvalue weighted by Crippen LogP contribution is 2.39. The van der Waals surface area contributed by atoms with Gasteiger partial charge in [0.15, 0.2) is 0 Å². The first-order valence-corrected chi connectivity index (χ1v) is 7.72. The summed E-state index contributed by atoms with van der Waals surface area (Å²) >= 11 is 0. The van der Waals surface area contributed by atoms with Gasteiger partial charge >= 0.3 is 0 Å². The molecule has 1 nitrogen and oxygen atoms in total. The van der Waals surface area contributed by atoms with E-state index < -0.39 is 0 Å². The second-order valence-electron chi connectivity index (χ2n) is 7.61. The predicted molar refractivity (Wildman–Crippen MR) is 75.1 cm³/mol. The molecule has 1 heteroatoms. The largest absolute Gasteiger partial charge is 0.311 e. The van der Waals surface area contributed by atoms with E-state index in [-0.39, 0.29) is 0 Å². The minimum atomic E-state index is 0.546. The molecule has 0 heterocycles. The van der Waals surface area contributed by atoms with Gasteiger partial charge in [0.2, 0.25) is 0 Å². The Morgan fingerprint density at radius 2 is 1.76 bits per heavy atom. The highest BCUT2D eigenvalue weighted by atomic mass is 15.0. The molecule has 0 radical (unpaired) electrons. The normalized spacial score (nSPS) is 36.0. The Hall–Kier alpha value is -0.0400. The van der Waals surface area contributed by atoms with E-state index in [0.29, 0.717) is 5.41 Å². The second-order valence-corrected chi connectivity index (χ2v) is 7.61. The zero-order chi connectivity index (χ0) is 12.5. The Balaban J connectivity index is 1.85. The van der Waals surface area contributed by atoms with E-state index in [9.17, 15) is 0 Å². The molecule has 0 spiro atoms. The van der Waals surface area contributed by atoms with Gasteiger partial charge in [-0.2, -0.15) is 0 Å². The Kier molecular flexibility index (Phi) is 4.18. The van der Waals surface area contributed by atoms with Crippen molar-refractivity contribution in [2.75, 3.05) is 0 Å². The molecule has 2 saturated carbocycles. The first-order valence-electron chi connectivity index (χ1n) is 7.72. The van der Waals surface area contributed by atoms with Crippen molar-refractivity contribution in [1.82, 2.24) is 5.32 Å². The van der Waals surface area contributed by atoms with E-state index in [0.717, 1.165) is 23.9 Å². The maximum absolute atomic E-state index is 3.95. The molecule has 3 unspecified atom stereocenters. The number of rotatable bonds is 3. The third kappa shape index (κ3) is 3.71. The van der Waals surface area contributed by atoms with Gasteiger partial charge in [-0.15, -0.1) is 0 Å². The lowest BCUT2D eigenvalue weighted by atomic mass is 9.70. The highest BCUT2D eigenvalue weighted by molar-refractivity contribution is 4.89. The summed E-state index contributed by atoms with van der Waals surface area (Å²) in [5.41, 5.74) is 0.546. The molecule has 0 saturated heterocycles. The van der Waals surface area contributed by atoms with Crippen molar-refractivity contribution in [3.8, 4) is 0 Å². The van der Waals surface area contributed by atoms with Gasteiger partial charge in [0, 0.05) is 12.1 Å². The van der Waals surface area contributed by atoms with E-state index in [1.807, 2.05) is 0 Å². The van der Waals surface area contributed by atoms with E-state index in [2.05, 4.69) is 33.0 Å². The van der Waals surface area contributed by atoms with Crippen LogP contribution in [0.4, 0.5) is 0 Å². The van der Waals surface area contributed by atoms with Crippen molar-refractivity contribution in [2.45, 2.75) is 84.7 Å². The molecule has 2 aliphatic carbocycles. The van der Waals surface area contributed by atoms with Crippen LogP contribution in [0.15, 0.2) is 0 Å². The molecule has 0 bridgehead atoms. The van der Waals surface area contributed by atoms with Crippen LogP contribution in [-0.2, 0) is 0 Å². The van der Waals surface area contributed by atoms with E-state index >= 15 is 0 Å². The molecule has 17 heavy (non-hydrogen) atoms. The molecule has 100 valence electrons. The van der Waals surface area contributed by atoms with E-state index in [1.54, 1.807) is 0 Å². The van der Waals surface area contributed by atoms with Crippen molar-refractivity contribution in [3.05, 3.63) is 0 Å². The van der Waals surface area contributed by atoms with Gasteiger partial charge in [0.05, 0.1) is 0 Å². The van der Waals surface area contributed by atoms with Crippen molar-refractivity contribution >= 4 is 0 Å². The van der Waals surface area contributed by atoms with E-state index in [1.165, 1.54) is 44.9 Å². The Labute approximate surface area is 108 Å². The molecule has 1 N–H and O–H groups in total. The highest BCUT2D eigenvalue weighted by Gasteiger charge is 2.33. The number of hydrogen-bond acceptors (Lipinski definition) is 1. The molecule has 2 rings (SSSR count). The zero-order valence-electron chi connectivity index (χ0n) is 12.3. The maximum atomic E-state index is 3.95. The fourth-order valence-corrected chi connectivity index (χ4v) is 4.44. The topological polar surface area (TPSA) is 12.0 Å². The van der Waals surface area contributed by atoms with Crippen molar-refractivity contribution in [3.63, 3.8) is 0 Å². The van der Waals surface area contributed by atoms with Gasteiger partial charge in [-0.3, -0.25) is 0 Å². The molecule has 0 aromatic rings. The maximum Gasteiger partial charge on any atom is 0.00772 e. The minimum Gasteiger partial charge on any atom is -0.311 e. The molecule has 3 atom stereocenters. The smallest absolute Gasteiger partial charge is 0.00772 e. The quantitative estimate of drug-likeness (QED) is 0.768.